The monoisotopic (exact) mass is 411 g/mol. The van der Waals surface area contributed by atoms with Gasteiger partial charge in [0.15, 0.2) is 5.65 Å². The van der Waals surface area contributed by atoms with Crippen LogP contribution in [0.2, 0.25) is 0 Å². The minimum atomic E-state index is -4.39. The number of fused-ring (bicyclic) bond motifs is 2. The van der Waals surface area contributed by atoms with Gasteiger partial charge in [0.05, 0.1) is 23.8 Å². The predicted octanol–water partition coefficient (Wildman–Crippen LogP) is 3.69. The fourth-order valence-corrected chi connectivity index (χ4v) is 3.04. The molecule has 7 nitrogen and oxygen atoms in total. The summed E-state index contributed by atoms with van der Waals surface area (Å²) in [7, 11) is 0. The van der Waals surface area contributed by atoms with Gasteiger partial charge in [0, 0.05) is 23.5 Å². The number of hydrogen-bond donors (Lipinski definition) is 1. The lowest BCUT2D eigenvalue weighted by atomic mass is 10.1. The lowest BCUT2D eigenvalue weighted by Crippen LogP contribution is -2.22. The number of halogens is 5. The Bertz CT molecular complexity index is 1180. The SMILES string of the molecule is Cc1nc2ncc(-c3ccn4nc(NCC(F)(F)F)ncc34)cc2n1CC(F)F. The van der Waals surface area contributed by atoms with Crippen LogP contribution in [0.1, 0.15) is 5.82 Å². The quantitative estimate of drug-likeness (QED) is 0.507. The first kappa shape index (κ1) is 19.0. The highest BCUT2D eigenvalue weighted by Crippen LogP contribution is 2.28. The molecule has 0 fully saturated rings. The number of aromatic nitrogens is 6. The molecule has 0 bridgehead atoms. The molecule has 0 aromatic carbocycles. The van der Waals surface area contributed by atoms with Crippen LogP contribution in [0.5, 0.6) is 0 Å². The Morgan fingerprint density at radius 3 is 2.66 bits per heavy atom. The summed E-state index contributed by atoms with van der Waals surface area (Å²) in [6.45, 7) is -0.122. The van der Waals surface area contributed by atoms with E-state index in [4.69, 9.17) is 0 Å². The minimum Gasteiger partial charge on any atom is -0.344 e. The fraction of sp³-hybridized carbons (Fsp3) is 0.294. The molecule has 0 unspecified atom stereocenters. The smallest absolute Gasteiger partial charge is 0.344 e. The van der Waals surface area contributed by atoms with Gasteiger partial charge in [-0.3, -0.25) is 0 Å². The van der Waals surface area contributed by atoms with Crippen molar-refractivity contribution in [1.29, 1.82) is 0 Å². The number of nitrogens with zero attached hydrogens (tertiary/aromatic N) is 6. The average molecular weight is 411 g/mol. The van der Waals surface area contributed by atoms with Gasteiger partial charge < -0.3 is 9.88 Å². The first-order valence-electron chi connectivity index (χ1n) is 8.48. The van der Waals surface area contributed by atoms with E-state index >= 15 is 0 Å². The van der Waals surface area contributed by atoms with Crippen molar-refractivity contribution in [1.82, 2.24) is 29.1 Å². The number of anilines is 1. The third kappa shape index (κ3) is 3.82. The zero-order chi connectivity index (χ0) is 20.8. The first-order valence-corrected chi connectivity index (χ1v) is 8.48. The van der Waals surface area contributed by atoms with Gasteiger partial charge >= 0.3 is 6.18 Å². The maximum Gasteiger partial charge on any atom is 0.405 e. The van der Waals surface area contributed by atoms with Crippen molar-refractivity contribution in [2.75, 3.05) is 11.9 Å². The van der Waals surface area contributed by atoms with Crippen LogP contribution in [-0.2, 0) is 6.54 Å². The van der Waals surface area contributed by atoms with Crippen LogP contribution in [0, 0.1) is 6.92 Å². The van der Waals surface area contributed by atoms with E-state index in [-0.39, 0.29) is 5.95 Å². The highest BCUT2D eigenvalue weighted by Gasteiger charge is 2.27. The summed E-state index contributed by atoms with van der Waals surface area (Å²) in [4.78, 5) is 12.3. The molecule has 29 heavy (non-hydrogen) atoms. The number of hydrogen-bond acceptors (Lipinski definition) is 5. The summed E-state index contributed by atoms with van der Waals surface area (Å²) in [6.07, 6.45) is -2.43. The first-order chi connectivity index (χ1) is 13.7. The van der Waals surface area contributed by atoms with Gasteiger partial charge in [-0.15, -0.1) is 5.10 Å². The van der Waals surface area contributed by atoms with Crippen LogP contribution in [0.4, 0.5) is 27.9 Å². The zero-order valence-electron chi connectivity index (χ0n) is 15.0. The highest BCUT2D eigenvalue weighted by molar-refractivity contribution is 5.85. The molecule has 0 amide bonds. The van der Waals surface area contributed by atoms with Crippen molar-refractivity contribution in [2.24, 2.45) is 0 Å². The number of alkyl halides is 5. The van der Waals surface area contributed by atoms with Gasteiger partial charge in [0.25, 0.3) is 6.43 Å². The van der Waals surface area contributed by atoms with Crippen LogP contribution in [-0.4, -0.2) is 48.3 Å². The van der Waals surface area contributed by atoms with E-state index in [0.29, 0.717) is 33.6 Å². The Hall–Kier alpha value is -3.31. The standard InChI is InChI=1S/C17H14F5N7/c1-9-26-15-12(28(9)7-14(18)19)4-10(5-23-15)11-2-3-29-13(11)6-24-16(27-29)25-8-17(20,21)22/h2-6,14H,7-8H2,1H3,(H,25,27). The number of nitrogens with one attached hydrogen (secondary N) is 1. The van der Waals surface area contributed by atoms with Crippen molar-refractivity contribution >= 4 is 22.6 Å². The normalized spacial score (nSPS) is 12.4. The molecular weight excluding hydrogens is 397 g/mol. The third-order valence-electron chi connectivity index (χ3n) is 4.29. The van der Waals surface area contributed by atoms with E-state index in [1.807, 2.05) is 0 Å². The Morgan fingerprint density at radius 1 is 1.14 bits per heavy atom. The fourth-order valence-electron chi connectivity index (χ4n) is 3.04. The molecule has 0 saturated carbocycles. The zero-order valence-corrected chi connectivity index (χ0v) is 15.0. The maximum absolute atomic E-state index is 12.9. The van der Waals surface area contributed by atoms with E-state index in [9.17, 15) is 22.0 Å². The van der Waals surface area contributed by atoms with Gasteiger partial charge in [-0.25, -0.2) is 28.2 Å². The molecule has 0 saturated heterocycles. The summed E-state index contributed by atoms with van der Waals surface area (Å²) < 4.78 is 65.6. The summed E-state index contributed by atoms with van der Waals surface area (Å²) in [5.41, 5.74) is 2.62. The molecule has 152 valence electrons. The average Bonchev–Trinajstić information content (AvgIpc) is 3.19. The van der Waals surface area contributed by atoms with Crippen molar-refractivity contribution < 1.29 is 22.0 Å². The molecule has 1 N–H and O–H groups in total. The summed E-state index contributed by atoms with van der Waals surface area (Å²) in [6, 6.07) is 3.39. The number of imidazole rings is 1. The van der Waals surface area contributed by atoms with E-state index in [2.05, 4.69) is 25.4 Å². The Labute approximate surface area is 160 Å². The predicted molar refractivity (Wildman–Crippen MR) is 94.8 cm³/mol. The van der Waals surface area contributed by atoms with Gasteiger partial charge in [0.1, 0.15) is 12.4 Å². The topological polar surface area (TPSA) is 72.9 Å². The molecule has 0 radical (unpaired) electrons. The molecule has 0 spiro atoms. The second-order valence-electron chi connectivity index (χ2n) is 6.34. The van der Waals surface area contributed by atoms with Crippen LogP contribution in [0.3, 0.4) is 0 Å². The van der Waals surface area contributed by atoms with Crippen LogP contribution in [0.15, 0.2) is 30.7 Å². The number of rotatable bonds is 5. The van der Waals surface area contributed by atoms with Gasteiger partial charge in [-0.2, -0.15) is 13.2 Å². The maximum atomic E-state index is 12.9. The molecule has 4 aromatic rings. The molecule has 0 aliphatic rings. The number of aryl methyl sites for hydroxylation is 1. The third-order valence-corrected chi connectivity index (χ3v) is 4.29. The molecular formula is C17H14F5N7. The molecule has 4 rings (SSSR count). The summed E-state index contributed by atoms with van der Waals surface area (Å²) in [5, 5.41) is 6.12. The van der Waals surface area contributed by atoms with Crippen molar-refractivity contribution in [3.8, 4) is 11.1 Å². The summed E-state index contributed by atoms with van der Waals surface area (Å²) >= 11 is 0. The van der Waals surface area contributed by atoms with Crippen LogP contribution >= 0.6 is 0 Å². The largest absolute Gasteiger partial charge is 0.405 e. The van der Waals surface area contributed by atoms with Crippen LogP contribution < -0.4 is 5.32 Å². The molecule has 4 aromatic heterocycles. The van der Waals surface area contributed by atoms with Crippen LogP contribution in [0.25, 0.3) is 27.8 Å². The lowest BCUT2D eigenvalue weighted by molar-refractivity contribution is -0.115. The van der Waals surface area contributed by atoms with E-state index in [1.165, 1.54) is 15.3 Å². The Balaban J connectivity index is 1.71. The Kier molecular flexibility index (Phi) is 4.55. The van der Waals surface area contributed by atoms with Crippen molar-refractivity contribution in [3.63, 3.8) is 0 Å². The molecule has 0 aliphatic heterocycles. The molecule has 0 aliphatic carbocycles. The molecule has 4 heterocycles. The van der Waals surface area contributed by atoms with Gasteiger partial charge in [-0.05, 0) is 19.1 Å². The van der Waals surface area contributed by atoms with E-state index in [1.54, 1.807) is 31.5 Å². The van der Waals surface area contributed by atoms with Crippen molar-refractivity contribution in [3.05, 3.63) is 36.5 Å². The number of pyridine rings is 1. The lowest BCUT2D eigenvalue weighted by Gasteiger charge is -2.08. The van der Waals surface area contributed by atoms with Gasteiger partial charge in [-0.1, -0.05) is 0 Å². The second kappa shape index (κ2) is 6.94. The van der Waals surface area contributed by atoms with Crippen molar-refractivity contribution in [2.45, 2.75) is 26.1 Å². The molecule has 12 heteroatoms. The van der Waals surface area contributed by atoms with E-state index in [0.717, 1.165) is 0 Å². The van der Waals surface area contributed by atoms with E-state index < -0.39 is 25.7 Å². The second-order valence-corrected chi connectivity index (χ2v) is 6.34. The Morgan fingerprint density at radius 2 is 1.93 bits per heavy atom. The van der Waals surface area contributed by atoms with Gasteiger partial charge in [0.2, 0.25) is 5.95 Å². The minimum absolute atomic E-state index is 0.170. The summed E-state index contributed by atoms with van der Waals surface area (Å²) in [5.74, 6) is 0.256. The highest BCUT2D eigenvalue weighted by atomic mass is 19.4. The molecule has 0 atom stereocenters.